The van der Waals surface area contributed by atoms with Crippen LogP contribution in [0.5, 0.6) is 0 Å². The van der Waals surface area contributed by atoms with Crippen molar-refractivity contribution in [3.8, 4) is 0 Å². The third kappa shape index (κ3) is 7.25. The molecule has 0 saturated heterocycles. The molecule has 28 heavy (non-hydrogen) atoms. The van der Waals surface area contributed by atoms with Crippen LogP contribution in [0.4, 0.5) is 0 Å². The van der Waals surface area contributed by atoms with E-state index in [9.17, 15) is 4.79 Å². The molecule has 0 saturated carbocycles. The molecule has 0 atom stereocenters. The highest BCUT2D eigenvalue weighted by atomic mass is 32.2. The summed E-state index contributed by atoms with van der Waals surface area (Å²) in [5.74, 6) is 8.15. The van der Waals surface area contributed by atoms with E-state index in [1.54, 1.807) is 23.5 Å². The molecule has 5 heteroatoms. The van der Waals surface area contributed by atoms with E-state index in [0.29, 0.717) is 17.3 Å². The van der Waals surface area contributed by atoms with Crippen LogP contribution in [0.25, 0.3) is 0 Å². The molecule has 2 aromatic rings. The molecule has 0 bridgehead atoms. The molecule has 4 rings (SSSR count). The maximum atomic E-state index is 11.3. The van der Waals surface area contributed by atoms with Gasteiger partial charge in [0.05, 0.1) is 11.5 Å². The van der Waals surface area contributed by atoms with Crippen LogP contribution in [0.1, 0.15) is 22.3 Å². The van der Waals surface area contributed by atoms with Crippen LogP contribution in [0, 0.1) is 0 Å². The van der Waals surface area contributed by atoms with E-state index in [0.717, 1.165) is 34.5 Å². The van der Waals surface area contributed by atoms with Crippen LogP contribution in [-0.2, 0) is 27.8 Å². The van der Waals surface area contributed by atoms with Crippen molar-refractivity contribution >= 4 is 52.8 Å². The van der Waals surface area contributed by atoms with Crippen molar-refractivity contribution in [2.75, 3.05) is 23.0 Å². The molecular formula is C23H26OS4. The van der Waals surface area contributed by atoms with Crippen LogP contribution in [0.15, 0.2) is 60.7 Å². The first-order valence-corrected chi connectivity index (χ1v) is 14.0. The maximum Gasteiger partial charge on any atom is 0.152 e. The second-order valence-corrected chi connectivity index (χ2v) is 10.7. The van der Waals surface area contributed by atoms with Crippen molar-refractivity contribution in [3.63, 3.8) is 0 Å². The minimum Gasteiger partial charge on any atom is -0.298 e. The third-order valence-electron chi connectivity index (χ3n) is 4.41. The zero-order chi connectivity index (χ0) is 19.6. The summed E-state index contributed by atoms with van der Waals surface area (Å²) in [4.78, 5) is 11.3. The molecule has 0 unspecified atom stereocenters. The van der Waals surface area contributed by atoms with Gasteiger partial charge in [-0.1, -0.05) is 60.7 Å². The number of hydrogen-bond donors (Lipinski definition) is 0. The maximum absolute atomic E-state index is 11.3. The van der Waals surface area contributed by atoms with E-state index < -0.39 is 0 Å². The van der Waals surface area contributed by atoms with Crippen LogP contribution < -0.4 is 0 Å². The van der Waals surface area contributed by atoms with Crippen LogP contribution in [0.3, 0.4) is 0 Å². The summed E-state index contributed by atoms with van der Waals surface area (Å²) in [6.07, 6.45) is 0. The highest BCUT2D eigenvalue weighted by Crippen LogP contribution is 2.26. The van der Waals surface area contributed by atoms with Gasteiger partial charge in [0.25, 0.3) is 0 Å². The topological polar surface area (TPSA) is 17.1 Å². The molecule has 148 valence electrons. The summed E-state index contributed by atoms with van der Waals surface area (Å²) in [5.41, 5.74) is 7.15. The zero-order valence-corrected chi connectivity index (χ0v) is 19.3. The molecule has 2 heterocycles. The van der Waals surface area contributed by atoms with E-state index in [1.165, 1.54) is 27.8 Å². The average Bonchev–Trinajstić information content (AvgIpc) is 2.85. The monoisotopic (exact) mass is 446 g/mol. The molecule has 0 aliphatic carbocycles. The summed E-state index contributed by atoms with van der Waals surface area (Å²) in [6.45, 7) is 4.08. The Labute approximate surface area is 185 Å². The zero-order valence-electron chi connectivity index (χ0n) is 16.0. The van der Waals surface area contributed by atoms with Gasteiger partial charge in [0.2, 0.25) is 0 Å². The van der Waals surface area contributed by atoms with Gasteiger partial charge in [0, 0.05) is 34.5 Å². The first-order chi connectivity index (χ1) is 13.7. The Hall–Kier alpha value is -0.750. The quantitative estimate of drug-likeness (QED) is 0.431. The fourth-order valence-corrected chi connectivity index (χ4v) is 7.04. The Morgan fingerprint density at radius 2 is 0.857 bits per heavy atom. The molecule has 0 aromatic heterocycles. The Morgan fingerprint density at radius 1 is 0.536 bits per heavy atom. The fraction of sp³-hybridized carbons (Fsp3) is 0.348. The van der Waals surface area contributed by atoms with Gasteiger partial charge < -0.3 is 0 Å². The van der Waals surface area contributed by atoms with Gasteiger partial charge in [-0.15, -0.1) is 23.5 Å². The molecule has 1 nitrogen and oxygen atoms in total. The standard InChI is InChI=1S/C12H14S2.C11H12OS2/c1-10-6-13-8-11-4-2-3-5-12(11)9-14-7-10;12-11-7-13-5-9-3-1-2-4-10(9)6-14-8-11/h2-5H,1,6-9H2;1-4H,5-8H2. The average molecular weight is 447 g/mol. The van der Waals surface area contributed by atoms with E-state index in [2.05, 4.69) is 55.1 Å². The highest BCUT2D eigenvalue weighted by Gasteiger charge is 2.09. The number of carbonyl (C=O) groups is 1. The number of rotatable bonds is 0. The Bertz CT molecular complexity index is 673. The molecule has 0 fully saturated rings. The van der Waals surface area contributed by atoms with Gasteiger partial charge in [-0.25, -0.2) is 0 Å². The van der Waals surface area contributed by atoms with Gasteiger partial charge in [-0.3, -0.25) is 4.79 Å². The normalized spacial score (nSPS) is 17.9. The molecule has 0 amide bonds. The number of benzene rings is 2. The summed E-state index contributed by atoms with van der Waals surface area (Å²) in [7, 11) is 0. The van der Waals surface area contributed by atoms with E-state index in [-0.39, 0.29) is 0 Å². The minimum absolute atomic E-state index is 0.368. The van der Waals surface area contributed by atoms with Crippen molar-refractivity contribution in [2.24, 2.45) is 0 Å². The number of carbonyl (C=O) groups excluding carboxylic acids is 1. The summed E-state index contributed by atoms with van der Waals surface area (Å²) >= 11 is 7.42. The van der Waals surface area contributed by atoms with Crippen molar-refractivity contribution < 1.29 is 4.79 Å². The number of thioether (sulfide) groups is 4. The molecule has 0 spiro atoms. The van der Waals surface area contributed by atoms with Crippen molar-refractivity contribution in [2.45, 2.75) is 23.0 Å². The predicted molar refractivity (Wildman–Crippen MR) is 132 cm³/mol. The Balaban J connectivity index is 0.000000161. The Morgan fingerprint density at radius 3 is 1.21 bits per heavy atom. The van der Waals surface area contributed by atoms with Crippen LogP contribution in [0.2, 0.25) is 0 Å². The first kappa shape index (κ1) is 21.9. The van der Waals surface area contributed by atoms with Crippen LogP contribution in [-0.4, -0.2) is 28.8 Å². The first-order valence-electron chi connectivity index (χ1n) is 9.35. The molecular weight excluding hydrogens is 421 g/mol. The van der Waals surface area contributed by atoms with E-state index >= 15 is 0 Å². The lowest BCUT2D eigenvalue weighted by atomic mass is 10.1. The lowest BCUT2D eigenvalue weighted by Crippen LogP contribution is -2.03. The molecule has 0 radical (unpaired) electrons. The number of ketones is 1. The number of hydrogen-bond acceptors (Lipinski definition) is 5. The smallest absolute Gasteiger partial charge is 0.152 e. The Kier molecular flexibility index (Phi) is 9.45. The number of fused-ring (bicyclic) bond motifs is 2. The van der Waals surface area contributed by atoms with Gasteiger partial charge in [0.15, 0.2) is 5.78 Å². The highest BCUT2D eigenvalue weighted by molar-refractivity contribution is 8.01. The predicted octanol–water partition coefficient (Wildman–Crippen LogP) is 6.46. The number of Topliss-reactive ketones (excluding diaryl/α,β-unsaturated/α-hetero) is 1. The van der Waals surface area contributed by atoms with Gasteiger partial charge in [-0.05, 0) is 22.3 Å². The van der Waals surface area contributed by atoms with Gasteiger partial charge in [-0.2, -0.15) is 23.5 Å². The molecule has 2 aromatic carbocycles. The summed E-state index contributed by atoms with van der Waals surface area (Å²) in [6, 6.07) is 17.2. The van der Waals surface area contributed by atoms with E-state index in [1.807, 2.05) is 23.5 Å². The third-order valence-corrected chi connectivity index (χ3v) is 8.74. The van der Waals surface area contributed by atoms with Crippen molar-refractivity contribution in [1.29, 1.82) is 0 Å². The second-order valence-electron chi connectivity index (χ2n) is 6.80. The van der Waals surface area contributed by atoms with Crippen LogP contribution >= 0.6 is 47.0 Å². The second kappa shape index (κ2) is 12.1. The fourth-order valence-electron chi connectivity index (χ4n) is 2.92. The molecule has 2 aliphatic rings. The van der Waals surface area contributed by atoms with E-state index in [4.69, 9.17) is 0 Å². The molecule has 0 N–H and O–H groups in total. The van der Waals surface area contributed by atoms with Gasteiger partial charge >= 0.3 is 0 Å². The SMILES string of the molecule is C=C1CSCc2ccccc2CSC1.O=C1CSCc2ccccc2CSC1. The lowest BCUT2D eigenvalue weighted by molar-refractivity contribution is -0.114. The van der Waals surface area contributed by atoms with Crippen molar-refractivity contribution in [3.05, 3.63) is 82.9 Å². The minimum atomic E-state index is 0.368. The summed E-state index contributed by atoms with van der Waals surface area (Å²) in [5, 5.41) is 0. The summed E-state index contributed by atoms with van der Waals surface area (Å²) < 4.78 is 0. The van der Waals surface area contributed by atoms with Crippen molar-refractivity contribution in [1.82, 2.24) is 0 Å². The van der Waals surface area contributed by atoms with Gasteiger partial charge in [0.1, 0.15) is 0 Å². The molecule has 2 aliphatic heterocycles. The lowest BCUT2D eigenvalue weighted by Gasteiger charge is -2.05. The largest absolute Gasteiger partial charge is 0.298 e.